The number of aromatic nitrogens is 1. The molecule has 14 heteroatoms. The molecular weight excluding hydrogens is 715 g/mol. The number of thiophene rings is 2. The third-order valence-electron chi connectivity index (χ3n) is 10.9. The monoisotopic (exact) mass is 758 g/mol. The Hall–Kier alpha value is -2.90. The minimum atomic E-state index is -0.776. The molecule has 268 valence electrons. The summed E-state index contributed by atoms with van der Waals surface area (Å²) in [5, 5.41) is 17.3. The van der Waals surface area contributed by atoms with Gasteiger partial charge < -0.3 is 25.1 Å². The number of hydrogen-bond acceptors (Lipinski definition) is 9. The van der Waals surface area contributed by atoms with Gasteiger partial charge in [0.05, 0.1) is 26.5 Å². The number of nitrogens with one attached hydrogen (secondary N) is 1. The van der Waals surface area contributed by atoms with E-state index in [0.717, 1.165) is 46.6 Å². The van der Waals surface area contributed by atoms with E-state index in [2.05, 4.69) is 31.1 Å². The predicted octanol–water partition coefficient (Wildman–Crippen LogP) is 7.43. The molecule has 2 amide bonds. The summed E-state index contributed by atoms with van der Waals surface area (Å²) in [6, 6.07) is 6.43. The fourth-order valence-corrected chi connectivity index (χ4v) is 10.5. The molecule has 4 fully saturated rings. The van der Waals surface area contributed by atoms with Gasteiger partial charge in [0.25, 0.3) is 5.91 Å². The van der Waals surface area contributed by atoms with Crippen molar-refractivity contribution in [3.8, 4) is 10.4 Å². The van der Waals surface area contributed by atoms with E-state index in [4.69, 9.17) is 23.2 Å². The van der Waals surface area contributed by atoms with Gasteiger partial charge in [-0.15, -0.1) is 22.7 Å². The summed E-state index contributed by atoms with van der Waals surface area (Å²) in [5.41, 5.74) is 1.47. The van der Waals surface area contributed by atoms with Crippen molar-refractivity contribution in [2.75, 3.05) is 67.5 Å². The molecule has 4 aliphatic rings. The average Bonchev–Trinajstić information content (AvgIpc) is 3.77. The molecule has 3 saturated heterocycles. The van der Waals surface area contributed by atoms with Crippen molar-refractivity contribution in [3.05, 3.63) is 45.4 Å². The van der Waals surface area contributed by atoms with Crippen molar-refractivity contribution in [1.82, 2.24) is 14.8 Å². The van der Waals surface area contributed by atoms with Crippen LogP contribution in [0.5, 0.6) is 0 Å². The first-order valence-corrected chi connectivity index (χ1v) is 20.3. The van der Waals surface area contributed by atoms with Gasteiger partial charge in [0.1, 0.15) is 10.8 Å². The van der Waals surface area contributed by atoms with Crippen LogP contribution in [0.1, 0.15) is 68.1 Å². The van der Waals surface area contributed by atoms with Crippen molar-refractivity contribution in [2.24, 2.45) is 11.8 Å². The van der Waals surface area contributed by atoms with Gasteiger partial charge in [-0.2, -0.15) is 0 Å². The number of piperazine rings is 1. The van der Waals surface area contributed by atoms with Gasteiger partial charge in [0.15, 0.2) is 0 Å². The van der Waals surface area contributed by atoms with Gasteiger partial charge in [-0.1, -0.05) is 42.5 Å². The second kappa shape index (κ2) is 15.8. The molecule has 6 heterocycles. The van der Waals surface area contributed by atoms with E-state index in [9.17, 15) is 19.5 Å². The number of pyridine rings is 1. The van der Waals surface area contributed by atoms with Gasteiger partial charge in [0, 0.05) is 86.3 Å². The van der Waals surface area contributed by atoms with Crippen LogP contribution in [0.25, 0.3) is 10.4 Å². The lowest BCUT2D eigenvalue weighted by Gasteiger charge is -2.41. The predicted molar refractivity (Wildman–Crippen MR) is 202 cm³/mol. The lowest BCUT2D eigenvalue weighted by molar-refractivity contribution is -0.147. The first-order valence-electron chi connectivity index (χ1n) is 17.8. The Morgan fingerprint density at radius 2 is 1.52 bits per heavy atom. The lowest BCUT2D eigenvalue weighted by atomic mass is 9.92. The molecule has 0 spiro atoms. The van der Waals surface area contributed by atoms with Crippen LogP contribution < -0.4 is 15.1 Å². The van der Waals surface area contributed by atoms with Crippen LogP contribution in [-0.4, -0.2) is 96.1 Å². The number of aliphatic carboxylic acids is 1. The van der Waals surface area contributed by atoms with Gasteiger partial charge in [-0.25, -0.2) is 4.98 Å². The van der Waals surface area contributed by atoms with E-state index >= 15 is 0 Å². The lowest BCUT2D eigenvalue weighted by Crippen LogP contribution is -2.50. The molecule has 3 aromatic heterocycles. The molecule has 1 saturated carbocycles. The zero-order valence-electron chi connectivity index (χ0n) is 28.1. The highest BCUT2D eigenvalue weighted by Crippen LogP contribution is 2.45. The second-order valence-corrected chi connectivity index (χ2v) is 16.7. The quantitative estimate of drug-likeness (QED) is 0.244. The summed E-state index contributed by atoms with van der Waals surface area (Å²) in [4.78, 5) is 52.6. The molecule has 10 nitrogen and oxygen atoms in total. The molecular formula is C36H44Cl2N6O4S2. The summed E-state index contributed by atoms with van der Waals surface area (Å²) in [5.74, 6) is -0.776. The molecule has 1 aliphatic carbocycles. The van der Waals surface area contributed by atoms with Crippen molar-refractivity contribution in [1.29, 1.82) is 0 Å². The van der Waals surface area contributed by atoms with Gasteiger partial charge >= 0.3 is 5.97 Å². The molecule has 0 bridgehead atoms. The molecule has 0 aromatic carbocycles. The van der Waals surface area contributed by atoms with Crippen molar-refractivity contribution >= 4 is 79.5 Å². The second-order valence-electron chi connectivity index (χ2n) is 14.0. The summed E-state index contributed by atoms with van der Waals surface area (Å²) in [6.07, 6.45) is 10.6. The number of amides is 2. The zero-order chi connectivity index (χ0) is 34.8. The van der Waals surface area contributed by atoms with Gasteiger partial charge in [-0.05, 0) is 56.7 Å². The number of carbonyl (C=O) groups excluding carboxylic acids is 2. The van der Waals surface area contributed by atoms with E-state index in [-0.39, 0.29) is 23.7 Å². The van der Waals surface area contributed by atoms with E-state index < -0.39 is 5.97 Å². The van der Waals surface area contributed by atoms with Crippen molar-refractivity contribution in [2.45, 2.75) is 63.8 Å². The standard InChI is InChI=1S/C36H44Cl2N6O4S2/c37-26-19-30(49-22-26)28-20-31(50-35(28)44-16-14-41(15-17-44)27-4-2-1-3-5-27)40-33(45)25-18-29(38)32(39-21-25)42-10-6-23(7-11-42)34(46)43-12-8-24(9-13-43)36(47)48/h18-24,27H,1-17H2,(H,40,45)(H,47,48). The summed E-state index contributed by atoms with van der Waals surface area (Å²) in [7, 11) is 0. The summed E-state index contributed by atoms with van der Waals surface area (Å²) in [6.45, 7) is 6.26. The Morgan fingerprint density at radius 1 is 0.820 bits per heavy atom. The first-order chi connectivity index (χ1) is 24.2. The first kappa shape index (κ1) is 35.5. The third-order valence-corrected chi connectivity index (χ3v) is 13.6. The van der Waals surface area contributed by atoms with Crippen molar-refractivity contribution in [3.63, 3.8) is 0 Å². The fourth-order valence-electron chi connectivity index (χ4n) is 7.96. The Morgan fingerprint density at radius 3 is 2.16 bits per heavy atom. The van der Waals surface area contributed by atoms with Crippen LogP contribution in [-0.2, 0) is 9.59 Å². The number of carbonyl (C=O) groups is 3. The molecule has 2 N–H and O–H groups in total. The van der Waals surface area contributed by atoms with E-state index in [0.29, 0.717) is 79.3 Å². The zero-order valence-corrected chi connectivity index (χ0v) is 31.3. The number of halogens is 2. The molecule has 0 atom stereocenters. The number of nitrogens with zero attached hydrogens (tertiary/aromatic N) is 5. The number of carboxylic acid groups (broad SMARTS) is 1. The minimum absolute atomic E-state index is 0.0944. The fraction of sp³-hybridized carbons (Fsp3) is 0.556. The number of anilines is 3. The molecule has 0 radical (unpaired) electrons. The Labute approximate surface area is 311 Å². The van der Waals surface area contributed by atoms with E-state index in [1.165, 1.54) is 32.1 Å². The molecule has 3 aliphatic heterocycles. The number of hydrogen-bond donors (Lipinski definition) is 2. The molecule has 0 unspecified atom stereocenters. The van der Waals surface area contributed by atoms with E-state index in [1.807, 2.05) is 16.3 Å². The molecule has 7 rings (SSSR count). The maximum Gasteiger partial charge on any atom is 0.306 e. The maximum atomic E-state index is 13.5. The SMILES string of the molecule is O=C(Nc1cc(-c2cc(Cl)cs2)c(N2CCN(C3CCCCC3)CC2)s1)c1cnc(N2CCC(C(=O)N3CCC(C(=O)O)CC3)CC2)c(Cl)c1. The average molecular weight is 760 g/mol. The van der Waals surface area contributed by atoms with Crippen LogP contribution >= 0.6 is 45.9 Å². The van der Waals surface area contributed by atoms with Crippen LogP contribution in [0.3, 0.4) is 0 Å². The summed E-state index contributed by atoms with van der Waals surface area (Å²) < 4.78 is 0. The number of carboxylic acids is 1. The smallest absolute Gasteiger partial charge is 0.306 e. The largest absolute Gasteiger partial charge is 0.481 e. The van der Waals surface area contributed by atoms with Crippen LogP contribution in [0, 0.1) is 11.8 Å². The topological polar surface area (TPSA) is 109 Å². The van der Waals surface area contributed by atoms with Crippen LogP contribution in [0.4, 0.5) is 15.8 Å². The maximum absolute atomic E-state index is 13.5. The Balaban J connectivity index is 0.975. The summed E-state index contributed by atoms with van der Waals surface area (Å²) >= 11 is 16.3. The molecule has 50 heavy (non-hydrogen) atoms. The highest BCUT2D eigenvalue weighted by atomic mass is 35.5. The normalized spacial score (nSPS) is 20.3. The molecule has 3 aromatic rings. The Bertz CT molecular complexity index is 1690. The van der Waals surface area contributed by atoms with E-state index in [1.54, 1.807) is 34.9 Å². The number of likely N-dealkylation sites (tertiary alicyclic amines) is 1. The van der Waals surface area contributed by atoms with Gasteiger partial charge in [-0.3, -0.25) is 19.3 Å². The van der Waals surface area contributed by atoms with Gasteiger partial charge in [0.2, 0.25) is 5.91 Å². The minimum Gasteiger partial charge on any atom is -0.481 e. The number of piperidine rings is 2. The number of rotatable bonds is 8. The third kappa shape index (κ3) is 7.94. The highest BCUT2D eigenvalue weighted by molar-refractivity contribution is 7.21. The van der Waals surface area contributed by atoms with Crippen LogP contribution in [0.15, 0.2) is 29.8 Å². The highest BCUT2D eigenvalue weighted by Gasteiger charge is 2.33. The van der Waals surface area contributed by atoms with Crippen LogP contribution in [0.2, 0.25) is 10.0 Å². The van der Waals surface area contributed by atoms with Crippen molar-refractivity contribution < 1.29 is 19.5 Å². The Kier molecular flexibility index (Phi) is 11.2.